The maximum Gasteiger partial charge on any atom is 0.343 e. The molecule has 21 heavy (non-hydrogen) atoms. The first kappa shape index (κ1) is 14.8. The Balaban J connectivity index is 2.36. The summed E-state index contributed by atoms with van der Waals surface area (Å²) in [7, 11) is 2.59. The molecular weight excluding hydrogens is 274 g/mol. The van der Waals surface area contributed by atoms with Crippen LogP contribution in [0.5, 0.6) is 0 Å². The van der Waals surface area contributed by atoms with Crippen LogP contribution in [0.4, 0.5) is 0 Å². The van der Waals surface area contributed by atoms with Crippen LogP contribution in [0.15, 0.2) is 34.9 Å². The molecule has 0 saturated carbocycles. The van der Waals surface area contributed by atoms with Crippen molar-refractivity contribution in [2.45, 2.75) is 12.8 Å². The third-order valence-corrected chi connectivity index (χ3v) is 2.98. The molecule has 0 saturated heterocycles. The number of hydrogen-bond donors (Lipinski definition) is 0. The van der Waals surface area contributed by atoms with E-state index in [1.54, 1.807) is 0 Å². The maximum absolute atomic E-state index is 12.0. The van der Waals surface area contributed by atoms with Gasteiger partial charge in [0.2, 0.25) is 0 Å². The van der Waals surface area contributed by atoms with Crippen LogP contribution in [-0.2, 0) is 20.7 Å². The summed E-state index contributed by atoms with van der Waals surface area (Å²) in [5.41, 5.74) is 1.39. The van der Waals surface area contributed by atoms with E-state index in [2.05, 4.69) is 9.89 Å². The summed E-state index contributed by atoms with van der Waals surface area (Å²) in [6, 6.07) is 9.15. The summed E-state index contributed by atoms with van der Waals surface area (Å²) >= 11 is 0. The Kier molecular flexibility index (Phi) is 4.71. The van der Waals surface area contributed by atoms with Crippen molar-refractivity contribution in [3.05, 3.63) is 41.7 Å². The fourth-order valence-electron chi connectivity index (χ4n) is 1.92. The van der Waals surface area contributed by atoms with Gasteiger partial charge in [-0.1, -0.05) is 35.5 Å². The fourth-order valence-corrected chi connectivity index (χ4v) is 1.92. The minimum Gasteiger partial charge on any atom is -0.469 e. The summed E-state index contributed by atoms with van der Waals surface area (Å²) in [5, 5.41) is 3.93. The molecular formula is C15H15NO5. The number of methoxy groups -OCH3 is 2. The predicted octanol–water partition coefficient (Wildman–Crippen LogP) is 2.23. The van der Waals surface area contributed by atoms with Crippen LogP contribution in [0.2, 0.25) is 0 Å². The van der Waals surface area contributed by atoms with Gasteiger partial charge in [-0.2, -0.15) is 0 Å². The van der Waals surface area contributed by atoms with E-state index in [1.807, 2.05) is 30.3 Å². The minimum atomic E-state index is -0.546. The summed E-state index contributed by atoms with van der Waals surface area (Å²) in [6.45, 7) is 0. The number of ether oxygens (including phenoxy) is 2. The number of aromatic nitrogens is 1. The Hall–Kier alpha value is -2.63. The van der Waals surface area contributed by atoms with E-state index in [9.17, 15) is 9.59 Å². The number of benzene rings is 1. The Morgan fingerprint density at radius 1 is 1.14 bits per heavy atom. The van der Waals surface area contributed by atoms with Gasteiger partial charge in [0.25, 0.3) is 0 Å². The molecule has 1 aromatic heterocycles. The maximum atomic E-state index is 12.0. The molecule has 1 heterocycles. The molecule has 6 nitrogen and oxygen atoms in total. The highest BCUT2D eigenvalue weighted by Gasteiger charge is 2.25. The Morgan fingerprint density at radius 2 is 1.86 bits per heavy atom. The first-order valence-corrected chi connectivity index (χ1v) is 6.36. The monoisotopic (exact) mass is 289 g/mol. The first-order chi connectivity index (χ1) is 10.2. The lowest BCUT2D eigenvalue weighted by atomic mass is 10.0. The molecule has 0 aliphatic carbocycles. The van der Waals surface area contributed by atoms with Crippen LogP contribution >= 0.6 is 0 Å². The van der Waals surface area contributed by atoms with Gasteiger partial charge in [0, 0.05) is 12.0 Å². The van der Waals surface area contributed by atoms with Crippen molar-refractivity contribution in [1.82, 2.24) is 5.16 Å². The number of carbonyl (C=O) groups is 2. The lowest BCUT2D eigenvalue weighted by molar-refractivity contribution is -0.140. The van der Waals surface area contributed by atoms with Crippen LogP contribution in [0.3, 0.4) is 0 Å². The number of hydrogen-bond acceptors (Lipinski definition) is 6. The van der Waals surface area contributed by atoms with E-state index in [0.717, 1.165) is 5.56 Å². The molecule has 0 amide bonds. The molecule has 6 heteroatoms. The lowest BCUT2D eigenvalue weighted by Gasteiger charge is -2.02. The molecule has 1 aromatic carbocycles. The fraction of sp³-hybridized carbons (Fsp3) is 0.267. The van der Waals surface area contributed by atoms with Crippen molar-refractivity contribution in [3.8, 4) is 11.3 Å². The lowest BCUT2D eigenvalue weighted by Crippen LogP contribution is -2.07. The predicted molar refractivity (Wildman–Crippen MR) is 73.6 cm³/mol. The van der Waals surface area contributed by atoms with Gasteiger partial charge in [0.15, 0.2) is 5.76 Å². The van der Waals surface area contributed by atoms with Gasteiger partial charge in [-0.3, -0.25) is 4.79 Å². The standard InChI is InChI=1S/C15H15NO5/c1-19-12(17)9-8-11-13(15(18)20-2)14(16-21-11)10-6-4-3-5-7-10/h3-7H,8-9H2,1-2H3. The van der Waals surface area contributed by atoms with Gasteiger partial charge >= 0.3 is 11.9 Å². The summed E-state index contributed by atoms with van der Waals surface area (Å²) in [5.74, 6) is -0.621. The van der Waals surface area contributed by atoms with E-state index < -0.39 is 5.97 Å². The van der Waals surface area contributed by atoms with Crippen LogP contribution in [0.25, 0.3) is 11.3 Å². The number of nitrogens with zero attached hydrogens (tertiary/aromatic N) is 1. The van der Waals surface area contributed by atoms with Gasteiger partial charge < -0.3 is 14.0 Å². The molecule has 0 unspecified atom stereocenters. The van der Waals surface area contributed by atoms with Crippen molar-refractivity contribution >= 4 is 11.9 Å². The molecule has 0 atom stereocenters. The van der Waals surface area contributed by atoms with Gasteiger partial charge in [-0.05, 0) is 0 Å². The number of rotatable bonds is 5. The van der Waals surface area contributed by atoms with Crippen molar-refractivity contribution in [2.75, 3.05) is 14.2 Å². The van der Waals surface area contributed by atoms with Gasteiger partial charge in [0.05, 0.1) is 20.6 Å². The van der Waals surface area contributed by atoms with Crippen molar-refractivity contribution in [3.63, 3.8) is 0 Å². The van der Waals surface area contributed by atoms with Crippen LogP contribution in [0, 0.1) is 0 Å². The largest absolute Gasteiger partial charge is 0.469 e. The molecule has 0 bridgehead atoms. The Bertz CT molecular complexity index is 633. The average molecular weight is 289 g/mol. The highest BCUT2D eigenvalue weighted by molar-refractivity contribution is 5.97. The van der Waals surface area contributed by atoms with Crippen LogP contribution in [0.1, 0.15) is 22.5 Å². The number of carbonyl (C=O) groups excluding carboxylic acids is 2. The molecule has 0 aliphatic heterocycles. The van der Waals surface area contributed by atoms with Crippen molar-refractivity contribution in [2.24, 2.45) is 0 Å². The molecule has 0 N–H and O–H groups in total. The third kappa shape index (κ3) is 3.28. The average Bonchev–Trinajstić information content (AvgIpc) is 2.96. The number of aryl methyl sites for hydroxylation is 1. The van der Waals surface area contributed by atoms with E-state index >= 15 is 0 Å². The second-order valence-corrected chi connectivity index (χ2v) is 4.26. The van der Waals surface area contributed by atoms with Crippen molar-refractivity contribution in [1.29, 1.82) is 0 Å². The Morgan fingerprint density at radius 3 is 2.48 bits per heavy atom. The molecule has 0 fully saturated rings. The van der Waals surface area contributed by atoms with Gasteiger partial charge in [-0.15, -0.1) is 0 Å². The second-order valence-electron chi connectivity index (χ2n) is 4.26. The molecule has 0 spiro atoms. The van der Waals surface area contributed by atoms with E-state index in [4.69, 9.17) is 9.26 Å². The molecule has 0 aliphatic rings. The number of esters is 2. The topological polar surface area (TPSA) is 78.6 Å². The summed E-state index contributed by atoms with van der Waals surface area (Å²) in [6.07, 6.45) is 0.320. The van der Waals surface area contributed by atoms with Crippen LogP contribution in [-0.4, -0.2) is 31.3 Å². The quantitative estimate of drug-likeness (QED) is 0.785. The van der Waals surface area contributed by atoms with Gasteiger partial charge in [0.1, 0.15) is 11.3 Å². The van der Waals surface area contributed by atoms with Crippen LogP contribution < -0.4 is 0 Å². The normalized spacial score (nSPS) is 10.2. The SMILES string of the molecule is COC(=O)CCc1onc(-c2ccccc2)c1C(=O)OC. The van der Waals surface area contributed by atoms with Crippen molar-refractivity contribution < 1.29 is 23.6 Å². The molecule has 2 rings (SSSR count). The van der Waals surface area contributed by atoms with E-state index in [1.165, 1.54) is 14.2 Å². The van der Waals surface area contributed by atoms with E-state index in [0.29, 0.717) is 11.5 Å². The van der Waals surface area contributed by atoms with Gasteiger partial charge in [-0.25, -0.2) is 4.79 Å². The molecule has 2 aromatic rings. The summed E-state index contributed by atoms with van der Waals surface area (Å²) in [4.78, 5) is 23.2. The zero-order valence-corrected chi connectivity index (χ0v) is 11.8. The molecule has 0 radical (unpaired) electrons. The zero-order valence-electron chi connectivity index (χ0n) is 11.8. The summed E-state index contributed by atoms with van der Waals surface area (Å²) < 4.78 is 14.6. The minimum absolute atomic E-state index is 0.101. The third-order valence-electron chi connectivity index (χ3n) is 2.98. The highest BCUT2D eigenvalue weighted by Crippen LogP contribution is 2.27. The second kappa shape index (κ2) is 6.69. The van der Waals surface area contributed by atoms with E-state index in [-0.39, 0.29) is 24.4 Å². The molecule has 110 valence electrons. The Labute approximate surface area is 121 Å². The first-order valence-electron chi connectivity index (χ1n) is 6.36. The highest BCUT2D eigenvalue weighted by atomic mass is 16.5. The zero-order chi connectivity index (χ0) is 15.2. The smallest absolute Gasteiger partial charge is 0.343 e.